The molecule has 2 aromatic rings. The standard InChI is InChI=1S/C19H19ClFNO2/c20-17-9-5-4-8-16(17)19(21)10-12-22(13-11-19)18(23)24-14-15-6-2-1-3-7-15/h1-9H,10-14H2. The third-order valence-electron chi connectivity index (χ3n) is 4.38. The summed E-state index contributed by atoms with van der Waals surface area (Å²) in [5.74, 6) is 0. The molecule has 5 heteroatoms. The van der Waals surface area contributed by atoms with Crippen molar-refractivity contribution in [1.29, 1.82) is 0 Å². The van der Waals surface area contributed by atoms with Crippen LogP contribution in [0.2, 0.25) is 5.02 Å². The van der Waals surface area contributed by atoms with Crippen LogP contribution in [0.3, 0.4) is 0 Å². The number of rotatable bonds is 3. The Kier molecular flexibility index (Phi) is 5.05. The number of carbonyl (C=O) groups is 1. The molecule has 24 heavy (non-hydrogen) atoms. The lowest BCUT2D eigenvalue weighted by Gasteiger charge is -2.36. The molecule has 3 rings (SSSR count). The van der Waals surface area contributed by atoms with E-state index in [-0.39, 0.29) is 19.4 Å². The minimum atomic E-state index is -1.49. The number of likely N-dealkylation sites (tertiary alicyclic amines) is 1. The zero-order valence-corrected chi connectivity index (χ0v) is 14.0. The first-order valence-electron chi connectivity index (χ1n) is 7.98. The van der Waals surface area contributed by atoms with Crippen LogP contribution in [0.1, 0.15) is 24.0 Å². The van der Waals surface area contributed by atoms with E-state index in [0.29, 0.717) is 23.7 Å². The molecule has 126 valence electrons. The molecule has 1 amide bonds. The van der Waals surface area contributed by atoms with Crippen molar-refractivity contribution in [1.82, 2.24) is 4.90 Å². The molecule has 0 aromatic heterocycles. The van der Waals surface area contributed by atoms with E-state index in [2.05, 4.69) is 0 Å². The quantitative estimate of drug-likeness (QED) is 0.787. The highest BCUT2D eigenvalue weighted by Gasteiger charge is 2.39. The van der Waals surface area contributed by atoms with Crippen LogP contribution in [0.25, 0.3) is 0 Å². The van der Waals surface area contributed by atoms with Crippen LogP contribution in [-0.4, -0.2) is 24.1 Å². The van der Waals surface area contributed by atoms with Crippen LogP contribution in [0.4, 0.5) is 9.18 Å². The normalized spacial score (nSPS) is 16.7. The summed E-state index contributed by atoms with van der Waals surface area (Å²) in [5, 5.41) is 0.431. The summed E-state index contributed by atoms with van der Waals surface area (Å²) < 4.78 is 20.5. The Balaban J connectivity index is 1.56. The SMILES string of the molecule is O=C(OCc1ccccc1)N1CCC(F)(c2ccccc2Cl)CC1. The lowest BCUT2D eigenvalue weighted by Crippen LogP contribution is -2.43. The molecule has 0 bridgehead atoms. The lowest BCUT2D eigenvalue weighted by molar-refractivity contribution is 0.0392. The van der Waals surface area contributed by atoms with Crippen molar-refractivity contribution in [2.45, 2.75) is 25.1 Å². The van der Waals surface area contributed by atoms with Crippen molar-refractivity contribution in [3.63, 3.8) is 0 Å². The minimum Gasteiger partial charge on any atom is -0.445 e. The van der Waals surface area contributed by atoms with Crippen LogP contribution >= 0.6 is 11.6 Å². The van der Waals surface area contributed by atoms with Gasteiger partial charge in [-0.2, -0.15) is 0 Å². The van der Waals surface area contributed by atoms with E-state index < -0.39 is 11.8 Å². The second-order valence-electron chi connectivity index (χ2n) is 5.97. The summed E-state index contributed by atoms with van der Waals surface area (Å²) in [6.45, 7) is 0.853. The molecule has 0 spiro atoms. The molecule has 0 radical (unpaired) electrons. The van der Waals surface area contributed by atoms with E-state index in [4.69, 9.17) is 16.3 Å². The molecular formula is C19H19ClFNO2. The first kappa shape index (κ1) is 16.8. The number of halogens is 2. The van der Waals surface area contributed by atoms with Crippen LogP contribution in [0.5, 0.6) is 0 Å². The van der Waals surface area contributed by atoms with Gasteiger partial charge in [-0.05, 0) is 11.6 Å². The van der Waals surface area contributed by atoms with Crippen LogP contribution in [0, 0.1) is 0 Å². The number of nitrogens with zero attached hydrogens (tertiary/aromatic N) is 1. The Labute approximate surface area is 146 Å². The summed E-state index contributed by atoms with van der Waals surface area (Å²) in [6.07, 6.45) is 0.0361. The Hall–Kier alpha value is -2.07. The summed E-state index contributed by atoms with van der Waals surface area (Å²) in [5.41, 5.74) is -0.0584. The van der Waals surface area contributed by atoms with Gasteiger partial charge >= 0.3 is 6.09 Å². The van der Waals surface area contributed by atoms with Gasteiger partial charge in [0.1, 0.15) is 12.3 Å². The van der Waals surface area contributed by atoms with Crippen molar-refractivity contribution in [3.05, 3.63) is 70.7 Å². The fourth-order valence-electron chi connectivity index (χ4n) is 2.95. The molecule has 1 saturated heterocycles. The van der Waals surface area contributed by atoms with Crippen molar-refractivity contribution in [3.8, 4) is 0 Å². The summed E-state index contributed by atoms with van der Waals surface area (Å²) in [7, 11) is 0. The summed E-state index contributed by atoms with van der Waals surface area (Å²) in [6, 6.07) is 16.5. The highest BCUT2D eigenvalue weighted by atomic mass is 35.5. The second-order valence-corrected chi connectivity index (χ2v) is 6.38. The van der Waals surface area contributed by atoms with E-state index in [9.17, 15) is 4.79 Å². The van der Waals surface area contributed by atoms with E-state index >= 15 is 4.39 Å². The van der Waals surface area contributed by atoms with E-state index in [1.54, 1.807) is 29.2 Å². The zero-order chi connectivity index (χ0) is 17.0. The third kappa shape index (κ3) is 3.70. The molecule has 1 fully saturated rings. The lowest BCUT2D eigenvalue weighted by atomic mass is 9.86. The van der Waals surface area contributed by atoms with Gasteiger partial charge in [-0.15, -0.1) is 0 Å². The molecule has 3 nitrogen and oxygen atoms in total. The average molecular weight is 348 g/mol. The van der Waals surface area contributed by atoms with E-state index in [0.717, 1.165) is 5.56 Å². The molecule has 0 saturated carbocycles. The predicted molar refractivity (Wildman–Crippen MR) is 91.7 cm³/mol. The minimum absolute atomic E-state index is 0.219. The zero-order valence-electron chi connectivity index (χ0n) is 13.3. The van der Waals surface area contributed by atoms with Gasteiger partial charge in [0.05, 0.1) is 0 Å². The number of hydrogen-bond donors (Lipinski definition) is 0. The van der Waals surface area contributed by atoms with E-state index in [1.165, 1.54) is 0 Å². The first-order chi connectivity index (χ1) is 11.6. The fraction of sp³-hybridized carbons (Fsp3) is 0.316. The maximum absolute atomic E-state index is 15.2. The number of carbonyl (C=O) groups excluding carboxylic acids is 1. The number of alkyl halides is 1. The number of amides is 1. The fourth-order valence-corrected chi connectivity index (χ4v) is 3.25. The summed E-state index contributed by atoms with van der Waals surface area (Å²) in [4.78, 5) is 13.7. The topological polar surface area (TPSA) is 29.5 Å². The monoisotopic (exact) mass is 347 g/mol. The van der Waals surface area contributed by atoms with Gasteiger partial charge in [0.25, 0.3) is 0 Å². The van der Waals surface area contributed by atoms with Crippen LogP contribution in [-0.2, 0) is 17.0 Å². The maximum atomic E-state index is 15.2. The Morgan fingerprint density at radius 1 is 1.08 bits per heavy atom. The van der Waals surface area contributed by atoms with Gasteiger partial charge in [-0.25, -0.2) is 9.18 Å². The van der Waals surface area contributed by atoms with Gasteiger partial charge in [-0.3, -0.25) is 0 Å². The highest BCUT2D eigenvalue weighted by molar-refractivity contribution is 6.31. The Morgan fingerprint density at radius 3 is 2.38 bits per heavy atom. The van der Waals surface area contributed by atoms with Crippen molar-refractivity contribution < 1.29 is 13.9 Å². The second kappa shape index (κ2) is 7.22. The number of hydrogen-bond acceptors (Lipinski definition) is 2. The highest BCUT2D eigenvalue weighted by Crippen LogP contribution is 2.40. The van der Waals surface area contributed by atoms with Gasteiger partial charge < -0.3 is 9.64 Å². The predicted octanol–water partition coefficient (Wildman–Crippen LogP) is 4.94. The van der Waals surface area contributed by atoms with Crippen molar-refractivity contribution >= 4 is 17.7 Å². The Bertz CT molecular complexity index is 700. The Morgan fingerprint density at radius 2 is 1.71 bits per heavy atom. The molecule has 0 atom stereocenters. The number of ether oxygens (including phenoxy) is 1. The van der Waals surface area contributed by atoms with Crippen molar-refractivity contribution in [2.24, 2.45) is 0 Å². The summed E-state index contributed by atoms with van der Waals surface area (Å²) >= 11 is 6.12. The molecule has 0 N–H and O–H groups in total. The molecule has 1 heterocycles. The number of benzene rings is 2. The van der Waals surface area contributed by atoms with Gasteiger partial charge in [0, 0.05) is 36.5 Å². The molecular weight excluding hydrogens is 329 g/mol. The average Bonchev–Trinajstić information content (AvgIpc) is 2.61. The number of piperidine rings is 1. The van der Waals surface area contributed by atoms with E-state index in [1.807, 2.05) is 30.3 Å². The molecule has 0 aliphatic carbocycles. The smallest absolute Gasteiger partial charge is 0.410 e. The molecule has 1 aliphatic heterocycles. The van der Waals surface area contributed by atoms with Gasteiger partial charge in [0.15, 0.2) is 0 Å². The van der Waals surface area contributed by atoms with Gasteiger partial charge in [-0.1, -0.05) is 60.1 Å². The molecule has 2 aromatic carbocycles. The molecule has 1 aliphatic rings. The maximum Gasteiger partial charge on any atom is 0.410 e. The van der Waals surface area contributed by atoms with Gasteiger partial charge in [0.2, 0.25) is 0 Å². The first-order valence-corrected chi connectivity index (χ1v) is 8.36. The third-order valence-corrected chi connectivity index (χ3v) is 4.71. The van der Waals surface area contributed by atoms with Crippen LogP contribution < -0.4 is 0 Å². The largest absolute Gasteiger partial charge is 0.445 e. The van der Waals surface area contributed by atoms with Crippen molar-refractivity contribution in [2.75, 3.05) is 13.1 Å². The van der Waals surface area contributed by atoms with Crippen LogP contribution in [0.15, 0.2) is 54.6 Å². The molecule has 0 unspecified atom stereocenters.